The van der Waals surface area contributed by atoms with E-state index in [0.29, 0.717) is 29.0 Å². The fourth-order valence-corrected chi connectivity index (χ4v) is 6.62. The molecule has 0 heterocycles. The summed E-state index contributed by atoms with van der Waals surface area (Å²) < 4.78 is 38.8. The Kier molecular flexibility index (Phi) is 9.53. The van der Waals surface area contributed by atoms with E-state index in [2.05, 4.69) is 5.32 Å². The highest BCUT2D eigenvalue weighted by Crippen LogP contribution is 2.32. The van der Waals surface area contributed by atoms with Crippen LogP contribution < -0.4 is 19.1 Å². The topological polar surface area (TPSA) is 84.9 Å². The minimum absolute atomic E-state index is 0.0198. The summed E-state index contributed by atoms with van der Waals surface area (Å²) in [5.41, 5.74) is 1.42. The first-order valence-electron chi connectivity index (χ1n) is 11.5. The Balaban J connectivity index is 1.74. The molecule has 0 aromatic heterocycles. The van der Waals surface area contributed by atoms with Crippen LogP contribution in [0.15, 0.2) is 47.4 Å². The van der Waals surface area contributed by atoms with Gasteiger partial charge in [-0.15, -0.1) is 0 Å². The summed E-state index contributed by atoms with van der Waals surface area (Å²) >= 11 is 1.89. The summed E-state index contributed by atoms with van der Waals surface area (Å²) in [6, 6.07) is 11.5. The third-order valence-electron chi connectivity index (χ3n) is 5.88. The summed E-state index contributed by atoms with van der Waals surface area (Å²) in [5, 5.41) is 3.55. The molecule has 9 heteroatoms. The summed E-state index contributed by atoms with van der Waals surface area (Å²) in [6.45, 7) is 2.12. The van der Waals surface area contributed by atoms with Gasteiger partial charge >= 0.3 is 0 Å². The lowest BCUT2D eigenvalue weighted by Gasteiger charge is -2.25. The van der Waals surface area contributed by atoms with Crippen LogP contribution in [-0.2, 0) is 14.8 Å². The van der Waals surface area contributed by atoms with E-state index < -0.39 is 10.0 Å². The summed E-state index contributed by atoms with van der Waals surface area (Å²) in [7, 11) is -1.10. The highest BCUT2D eigenvalue weighted by molar-refractivity contribution is 7.99. The maximum Gasteiger partial charge on any atom is 0.264 e. The van der Waals surface area contributed by atoms with Crippen LogP contribution in [0.25, 0.3) is 0 Å². The van der Waals surface area contributed by atoms with Gasteiger partial charge in [0.15, 0.2) is 11.5 Å². The van der Waals surface area contributed by atoms with E-state index in [1.54, 1.807) is 18.2 Å². The Morgan fingerprint density at radius 3 is 2.35 bits per heavy atom. The average molecular weight is 507 g/mol. The zero-order valence-electron chi connectivity index (χ0n) is 20.1. The Morgan fingerprint density at radius 2 is 1.71 bits per heavy atom. The first kappa shape index (κ1) is 26.2. The highest BCUT2D eigenvalue weighted by atomic mass is 32.2. The van der Waals surface area contributed by atoms with Crippen molar-refractivity contribution in [1.29, 1.82) is 0 Å². The molecule has 1 aliphatic carbocycles. The van der Waals surface area contributed by atoms with E-state index in [-0.39, 0.29) is 17.3 Å². The number of hydrogen-bond donors (Lipinski definition) is 1. The largest absolute Gasteiger partial charge is 0.493 e. The fraction of sp³-hybridized carbons (Fsp3) is 0.480. The first-order chi connectivity index (χ1) is 16.3. The van der Waals surface area contributed by atoms with Crippen molar-refractivity contribution in [2.24, 2.45) is 0 Å². The van der Waals surface area contributed by atoms with Gasteiger partial charge in [0.25, 0.3) is 10.0 Å². The smallest absolute Gasteiger partial charge is 0.264 e. The minimum Gasteiger partial charge on any atom is -0.493 e. The number of anilines is 1. The number of methoxy groups -OCH3 is 2. The normalized spacial score (nSPS) is 14.4. The molecular weight excluding hydrogens is 472 g/mol. The second-order valence-electron chi connectivity index (χ2n) is 8.34. The lowest BCUT2D eigenvalue weighted by molar-refractivity contribution is -0.119. The van der Waals surface area contributed by atoms with Gasteiger partial charge < -0.3 is 14.8 Å². The number of benzene rings is 2. The van der Waals surface area contributed by atoms with Crippen molar-refractivity contribution in [3.8, 4) is 11.5 Å². The molecule has 1 aliphatic rings. The Hall–Kier alpha value is -2.39. The third-order valence-corrected chi connectivity index (χ3v) is 9.03. The second kappa shape index (κ2) is 12.4. The number of nitrogens with zero attached hydrogens (tertiary/aromatic N) is 1. The maximum absolute atomic E-state index is 13.6. The molecule has 0 atom stereocenters. The Morgan fingerprint density at radius 1 is 1.03 bits per heavy atom. The van der Waals surface area contributed by atoms with Crippen molar-refractivity contribution < 1.29 is 22.7 Å². The lowest BCUT2D eigenvalue weighted by Crippen LogP contribution is -2.41. The monoisotopic (exact) mass is 506 g/mol. The number of amides is 1. The molecule has 2 aromatic rings. The number of thioether (sulfide) groups is 1. The van der Waals surface area contributed by atoms with Crippen LogP contribution in [0.2, 0.25) is 0 Å². The molecule has 0 radical (unpaired) electrons. The number of hydrogen-bond acceptors (Lipinski definition) is 6. The molecule has 1 saturated carbocycles. The lowest BCUT2D eigenvalue weighted by atomic mass is 10.0. The van der Waals surface area contributed by atoms with Gasteiger partial charge in [-0.3, -0.25) is 9.10 Å². The second-order valence-corrected chi connectivity index (χ2v) is 11.6. The molecule has 1 fully saturated rings. The Bertz CT molecular complexity index is 1050. The van der Waals surface area contributed by atoms with Crippen molar-refractivity contribution in [2.75, 3.05) is 37.4 Å². The van der Waals surface area contributed by atoms with Gasteiger partial charge in [-0.1, -0.05) is 37.0 Å². The summed E-state index contributed by atoms with van der Waals surface area (Å²) in [4.78, 5) is 12.8. The molecule has 1 amide bonds. The number of aryl methyl sites for hydroxylation is 1. The van der Waals surface area contributed by atoms with E-state index in [9.17, 15) is 13.2 Å². The van der Waals surface area contributed by atoms with E-state index in [4.69, 9.17) is 9.47 Å². The molecule has 2 aromatic carbocycles. The molecule has 0 unspecified atom stereocenters. The van der Waals surface area contributed by atoms with Gasteiger partial charge in [-0.05, 0) is 44.0 Å². The molecule has 7 nitrogen and oxygen atoms in total. The molecule has 0 spiro atoms. The molecule has 3 rings (SSSR count). The fourth-order valence-electron chi connectivity index (χ4n) is 3.96. The number of carbonyl (C=O) groups is 1. The van der Waals surface area contributed by atoms with Crippen molar-refractivity contribution in [3.63, 3.8) is 0 Å². The first-order valence-corrected chi connectivity index (χ1v) is 14.0. The zero-order valence-corrected chi connectivity index (χ0v) is 21.7. The van der Waals surface area contributed by atoms with Crippen molar-refractivity contribution in [1.82, 2.24) is 5.32 Å². The van der Waals surface area contributed by atoms with Crippen LogP contribution >= 0.6 is 11.8 Å². The number of carbonyl (C=O) groups excluding carboxylic acids is 1. The molecule has 0 saturated heterocycles. The number of nitrogens with one attached hydrogen (secondary N) is 1. The van der Waals surface area contributed by atoms with Crippen LogP contribution in [0.1, 0.15) is 37.7 Å². The predicted molar refractivity (Wildman–Crippen MR) is 138 cm³/mol. The molecule has 1 N–H and O–H groups in total. The molecule has 186 valence electrons. The SMILES string of the molecule is COc1ccc(S(=O)(=O)N(CC(=O)NCCSC2CCCCC2)c2ccc(C)cc2)cc1OC. The van der Waals surface area contributed by atoms with E-state index in [1.807, 2.05) is 30.8 Å². The van der Waals surface area contributed by atoms with Crippen LogP contribution in [0.4, 0.5) is 5.69 Å². The van der Waals surface area contributed by atoms with E-state index >= 15 is 0 Å². The standard InChI is InChI=1S/C25H34N2O5S2/c1-19-9-11-20(12-10-19)27(18-25(28)26-15-16-33-21-7-5-4-6-8-21)34(29,30)22-13-14-23(31-2)24(17-22)32-3/h9-14,17,21H,4-8,15-16,18H2,1-3H3,(H,26,28). The van der Waals surface area contributed by atoms with E-state index in [0.717, 1.165) is 15.6 Å². The van der Waals surface area contributed by atoms with Gasteiger partial charge in [0.2, 0.25) is 5.91 Å². The molecular formula is C25H34N2O5S2. The maximum atomic E-state index is 13.6. The Labute approximate surface area is 207 Å². The van der Waals surface area contributed by atoms with Crippen molar-refractivity contribution in [3.05, 3.63) is 48.0 Å². The van der Waals surface area contributed by atoms with Crippen molar-refractivity contribution in [2.45, 2.75) is 49.2 Å². The molecule has 0 aliphatic heterocycles. The van der Waals surface area contributed by atoms with Crippen molar-refractivity contribution >= 4 is 33.4 Å². The van der Waals surface area contributed by atoms with Gasteiger partial charge in [-0.2, -0.15) is 11.8 Å². The number of ether oxygens (including phenoxy) is 2. The predicted octanol–water partition coefficient (Wildman–Crippen LogP) is 4.39. The summed E-state index contributed by atoms with van der Waals surface area (Å²) in [5.74, 6) is 1.21. The van der Waals surface area contributed by atoms with E-state index in [1.165, 1.54) is 58.5 Å². The zero-order chi connectivity index (χ0) is 24.6. The minimum atomic E-state index is -4.04. The van der Waals surface area contributed by atoms with Crippen LogP contribution in [0.5, 0.6) is 11.5 Å². The number of sulfonamides is 1. The highest BCUT2D eigenvalue weighted by Gasteiger charge is 2.28. The van der Waals surface area contributed by atoms with Gasteiger partial charge in [-0.25, -0.2) is 8.42 Å². The molecule has 0 bridgehead atoms. The van der Waals surface area contributed by atoms with Gasteiger partial charge in [0.05, 0.1) is 24.8 Å². The third kappa shape index (κ3) is 6.82. The van der Waals surface area contributed by atoms with Crippen LogP contribution in [0, 0.1) is 6.92 Å². The quantitative estimate of drug-likeness (QED) is 0.455. The van der Waals surface area contributed by atoms with Gasteiger partial charge in [0.1, 0.15) is 6.54 Å². The number of rotatable bonds is 11. The average Bonchev–Trinajstić information content (AvgIpc) is 2.86. The molecule has 34 heavy (non-hydrogen) atoms. The van der Waals surface area contributed by atoms with Crippen LogP contribution in [0.3, 0.4) is 0 Å². The van der Waals surface area contributed by atoms with Crippen LogP contribution in [-0.4, -0.2) is 52.6 Å². The summed E-state index contributed by atoms with van der Waals surface area (Å²) in [6.07, 6.45) is 6.36. The van der Waals surface area contributed by atoms with Gasteiger partial charge in [0, 0.05) is 23.6 Å².